The van der Waals surface area contributed by atoms with Crippen molar-refractivity contribution in [1.29, 1.82) is 0 Å². The topological polar surface area (TPSA) is 86.7 Å². The SMILES string of the molecule is CCC(N)CCC(O)(O)O. The summed E-state index contributed by atoms with van der Waals surface area (Å²) >= 11 is 0. The van der Waals surface area contributed by atoms with E-state index in [1.165, 1.54) is 0 Å². The zero-order valence-electron chi connectivity index (χ0n) is 6.12. The van der Waals surface area contributed by atoms with Gasteiger partial charge in [-0.05, 0) is 12.8 Å². The minimum absolute atomic E-state index is 0.0641. The van der Waals surface area contributed by atoms with Crippen molar-refractivity contribution in [2.24, 2.45) is 5.73 Å². The normalized spacial score (nSPS) is 15.3. The van der Waals surface area contributed by atoms with Crippen molar-refractivity contribution in [2.45, 2.75) is 38.2 Å². The molecule has 5 N–H and O–H groups in total. The second kappa shape index (κ2) is 3.88. The van der Waals surface area contributed by atoms with E-state index in [1.54, 1.807) is 0 Å². The third-order valence-electron chi connectivity index (χ3n) is 1.37. The molecule has 0 saturated heterocycles. The summed E-state index contributed by atoms with van der Waals surface area (Å²) in [6.45, 7) is 1.90. The maximum absolute atomic E-state index is 8.42. The van der Waals surface area contributed by atoms with Crippen molar-refractivity contribution < 1.29 is 15.3 Å². The number of aliphatic hydroxyl groups is 3. The van der Waals surface area contributed by atoms with Gasteiger partial charge in [0, 0.05) is 12.5 Å². The second-order valence-corrected chi connectivity index (χ2v) is 2.48. The average molecular weight is 149 g/mol. The fourth-order valence-corrected chi connectivity index (χ4v) is 0.583. The van der Waals surface area contributed by atoms with Crippen LogP contribution >= 0.6 is 0 Å². The van der Waals surface area contributed by atoms with Crippen LogP contribution in [0.25, 0.3) is 0 Å². The summed E-state index contributed by atoms with van der Waals surface area (Å²) in [7, 11) is 0. The Morgan fingerprint density at radius 1 is 1.40 bits per heavy atom. The first-order chi connectivity index (χ1) is 4.45. The molecular formula is C6H15NO3. The Kier molecular flexibility index (Phi) is 3.81. The molecule has 0 radical (unpaired) electrons. The predicted octanol–water partition coefficient (Wildman–Crippen LogP) is -0.865. The van der Waals surface area contributed by atoms with E-state index in [1.807, 2.05) is 6.92 Å². The second-order valence-electron chi connectivity index (χ2n) is 2.48. The molecule has 62 valence electrons. The van der Waals surface area contributed by atoms with Gasteiger partial charge < -0.3 is 21.1 Å². The van der Waals surface area contributed by atoms with Crippen LogP contribution in [-0.4, -0.2) is 27.3 Å². The van der Waals surface area contributed by atoms with Gasteiger partial charge in [-0.15, -0.1) is 0 Å². The number of rotatable bonds is 4. The van der Waals surface area contributed by atoms with Crippen LogP contribution in [0.5, 0.6) is 0 Å². The monoisotopic (exact) mass is 149 g/mol. The summed E-state index contributed by atoms with van der Waals surface area (Å²) in [5, 5.41) is 25.3. The van der Waals surface area contributed by atoms with Gasteiger partial charge in [-0.3, -0.25) is 0 Å². The molecule has 1 unspecified atom stereocenters. The van der Waals surface area contributed by atoms with Gasteiger partial charge in [0.15, 0.2) is 0 Å². The van der Waals surface area contributed by atoms with E-state index >= 15 is 0 Å². The van der Waals surface area contributed by atoms with Crippen LogP contribution in [0.2, 0.25) is 0 Å². The maximum atomic E-state index is 8.42. The molecule has 0 fully saturated rings. The minimum Gasteiger partial charge on any atom is -0.344 e. The van der Waals surface area contributed by atoms with Crippen LogP contribution in [0.15, 0.2) is 0 Å². The van der Waals surface area contributed by atoms with Gasteiger partial charge in [0.25, 0.3) is 5.97 Å². The zero-order valence-corrected chi connectivity index (χ0v) is 6.12. The van der Waals surface area contributed by atoms with Gasteiger partial charge in [-0.2, -0.15) is 0 Å². The first-order valence-corrected chi connectivity index (χ1v) is 3.38. The molecule has 10 heavy (non-hydrogen) atoms. The molecule has 0 saturated carbocycles. The highest BCUT2D eigenvalue weighted by Gasteiger charge is 2.18. The standard InChI is InChI=1S/C6H15NO3/c1-2-5(7)3-4-6(8,9)10/h5,8-10H,2-4,7H2,1H3. The van der Waals surface area contributed by atoms with Gasteiger partial charge in [0.2, 0.25) is 0 Å². The van der Waals surface area contributed by atoms with E-state index in [2.05, 4.69) is 0 Å². The summed E-state index contributed by atoms with van der Waals surface area (Å²) in [6, 6.07) is -0.0641. The Hall–Kier alpha value is -0.160. The smallest absolute Gasteiger partial charge is 0.275 e. The number of hydrogen-bond acceptors (Lipinski definition) is 4. The van der Waals surface area contributed by atoms with E-state index in [-0.39, 0.29) is 12.5 Å². The molecule has 1 atom stereocenters. The van der Waals surface area contributed by atoms with E-state index in [0.717, 1.165) is 6.42 Å². The van der Waals surface area contributed by atoms with Crippen molar-refractivity contribution in [3.05, 3.63) is 0 Å². The van der Waals surface area contributed by atoms with Gasteiger partial charge in [0.1, 0.15) is 0 Å². The Balaban J connectivity index is 3.36. The highest BCUT2D eigenvalue weighted by Crippen LogP contribution is 2.07. The molecule has 0 aliphatic rings. The van der Waals surface area contributed by atoms with Gasteiger partial charge in [0.05, 0.1) is 0 Å². The molecule has 0 aromatic carbocycles. The fraction of sp³-hybridized carbons (Fsp3) is 1.00. The lowest BCUT2D eigenvalue weighted by Crippen LogP contribution is -2.30. The molecule has 0 rings (SSSR count). The molecule has 4 nitrogen and oxygen atoms in total. The Bertz CT molecular complexity index is 89.5. The zero-order chi connectivity index (χ0) is 8.20. The minimum atomic E-state index is -2.55. The van der Waals surface area contributed by atoms with E-state index in [9.17, 15) is 0 Å². The largest absolute Gasteiger partial charge is 0.344 e. The molecule has 0 heterocycles. The molecule has 0 bridgehead atoms. The highest BCUT2D eigenvalue weighted by atomic mass is 16.7. The molecule has 0 aromatic rings. The van der Waals surface area contributed by atoms with Crippen LogP contribution in [-0.2, 0) is 0 Å². The van der Waals surface area contributed by atoms with Gasteiger partial charge in [-0.25, -0.2) is 0 Å². The van der Waals surface area contributed by atoms with Crippen molar-refractivity contribution >= 4 is 0 Å². The third kappa shape index (κ3) is 5.97. The summed E-state index contributed by atoms with van der Waals surface area (Å²) in [5.74, 6) is -2.55. The van der Waals surface area contributed by atoms with Crippen molar-refractivity contribution in [3.8, 4) is 0 Å². The van der Waals surface area contributed by atoms with E-state index in [0.29, 0.717) is 6.42 Å². The molecule has 0 aromatic heterocycles. The Morgan fingerprint density at radius 2 is 1.90 bits per heavy atom. The lowest BCUT2D eigenvalue weighted by molar-refractivity contribution is -0.315. The molecule has 4 heteroatoms. The summed E-state index contributed by atoms with van der Waals surface area (Å²) in [4.78, 5) is 0. The van der Waals surface area contributed by atoms with Gasteiger partial charge >= 0.3 is 0 Å². The Morgan fingerprint density at radius 3 is 2.20 bits per heavy atom. The van der Waals surface area contributed by atoms with Crippen LogP contribution in [0.4, 0.5) is 0 Å². The molecular weight excluding hydrogens is 134 g/mol. The van der Waals surface area contributed by atoms with Crippen LogP contribution in [0, 0.1) is 0 Å². The van der Waals surface area contributed by atoms with E-state index in [4.69, 9.17) is 21.1 Å². The quantitative estimate of drug-likeness (QED) is 0.391. The predicted molar refractivity (Wildman–Crippen MR) is 36.9 cm³/mol. The molecule has 0 aliphatic heterocycles. The summed E-state index contributed by atoms with van der Waals surface area (Å²) < 4.78 is 0. The lowest BCUT2D eigenvalue weighted by Gasteiger charge is -2.15. The maximum Gasteiger partial charge on any atom is 0.275 e. The number of hydrogen-bond donors (Lipinski definition) is 4. The van der Waals surface area contributed by atoms with Crippen molar-refractivity contribution in [2.75, 3.05) is 0 Å². The summed E-state index contributed by atoms with van der Waals surface area (Å²) in [6.07, 6.45) is 1.10. The van der Waals surface area contributed by atoms with Crippen molar-refractivity contribution in [3.63, 3.8) is 0 Å². The van der Waals surface area contributed by atoms with E-state index < -0.39 is 5.97 Å². The highest BCUT2D eigenvalue weighted by molar-refractivity contribution is 4.60. The van der Waals surface area contributed by atoms with Gasteiger partial charge in [-0.1, -0.05) is 6.92 Å². The molecule has 0 amide bonds. The lowest BCUT2D eigenvalue weighted by atomic mass is 10.1. The first kappa shape index (κ1) is 9.84. The molecule has 0 aliphatic carbocycles. The van der Waals surface area contributed by atoms with Crippen LogP contribution in [0.3, 0.4) is 0 Å². The molecule has 0 spiro atoms. The van der Waals surface area contributed by atoms with Crippen LogP contribution in [0.1, 0.15) is 26.2 Å². The number of nitrogens with two attached hydrogens (primary N) is 1. The first-order valence-electron chi connectivity index (χ1n) is 3.38. The fourth-order valence-electron chi connectivity index (χ4n) is 0.583. The summed E-state index contributed by atoms with van der Waals surface area (Å²) in [5.41, 5.74) is 5.45. The van der Waals surface area contributed by atoms with Crippen LogP contribution < -0.4 is 5.73 Å². The van der Waals surface area contributed by atoms with Crippen molar-refractivity contribution in [1.82, 2.24) is 0 Å². The third-order valence-corrected chi connectivity index (χ3v) is 1.37. The average Bonchev–Trinajstić information content (AvgIpc) is 1.81. The Labute approximate surface area is 60.3 Å².